The number of carbonyl (C=O) groups excluding carboxylic acids is 1. The quantitative estimate of drug-likeness (QED) is 0.453. The number of carbonyl (C=O) groups is 1. The van der Waals surface area contributed by atoms with E-state index in [1.807, 2.05) is 48.5 Å². The van der Waals surface area contributed by atoms with Crippen molar-refractivity contribution in [2.24, 2.45) is 5.92 Å². The second-order valence-corrected chi connectivity index (χ2v) is 8.56. The molecular weight excluding hydrogens is 410 g/mol. The van der Waals surface area contributed by atoms with Gasteiger partial charge < -0.3 is 16.0 Å². The van der Waals surface area contributed by atoms with E-state index in [-0.39, 0.29) is 5.91 Å². The lowest BCUT2D eigenvalue weighted by molar-refractivity contribution is -0.120. The van der Waals surface area contributed by atoms with Crippen LogP contribution in [0.1, 0.15) is 38.5 Å². The summed E-state index contributed by atoms with van der Waals surface area (Å²) in [5.41, 5.74) is 1.83. The van der Waals surface area contributed by atoms with Crippen LogP contribution < -0.4 is 16.0 Å². The molecule has 1 saturated carbocycles. The minimum atomic E-state index is 0.130. The first-order valence-corrected chi connectivity index (χ1v) is 11.2. The Morgan fingerprint density at radius 2 is 1.77 bits per heavy atom. The highest BCUT2D eigenvalue weighted by atomic mass is 35.5. The monoisotopic (exact) mass is 437 g/mol. The predicted octanol–water partition coefficient (Wildman–Crippen LogP) is 5.52. The summed E-state index contributed by atoms with van der Waals surface area (Å²) in [4.78, 5) is 21.0. The third-order valence-electron chi connectivity index (χ3n) is 5.95. The lowest BCUT2D eigenvalue weighted by Gasteiger charge is -2.29. The van der Waals surface area contributed by atoms with E-state index in [9.17, 15) is 4.79 Å². The van der Waals surface area contributed by atoms with Gasteiger partial charge >= 0.3 is 0 Å². The number of aromatic nitrogens is 2. The Kier molecular flexibility index (Phi) is 6.87. The van der Waals surface area contributed by atoms with E-state index >= 15 is 0 Å². The molecule has 7 heteroatoms. The largest absolute Gasteiger partial charge is 0.359 e. The summed E-state index contributed by atoms with van der Waals surface area (Å²) in [5.74, 6) is 2.17. The fraction of sp³-hybridized carbons (Fsp3) is 0.375. The molecule has 0 unspecified atom stereocenters. The van der Waals surface area contributed by atoms with Gasteiger partial charge in [0.25, 0.3) is 0 Å². The topological polar surface area (TPSA) is 78.9 Å². The van der Waals surface area contributed by atoms with Crippen molar-refractivity contribution in [2.45, 2.75) is 44.6 Å². The summed E-state index contributed by atoms with van der Waals surface area (Å²) < 4.78 is 0. The van der Waals surface area contributed by atoms with Crippen molar-refractivity contribution < 1.29 is 4.79 Å². The van der Waals surface area contributed by atoms with Gasteiger partial charge in [-0.3, -0.25) is 4.79 Å². The molecule has 1 aromatic heterocycles. The minimum absolute atomic E-state index is 0.130. The van der Waals surface area contributed by atoms with E-state index in [4.69, 9.17) is 21.6 Å². The van der Waals surface area contributed by atoms with Crippen molar-refractivity contribution in [3.63, 3.8) is 0 Å². The SMILES string of the molecule is CNC(=O)CC[C@H]1CC[C@H](Nc2nc(Nc3ccc(Cl)cc3)c3ccccc3n2)CC1. The molecule has 4 rings (SSSR count). The van der Waals surface area contributed by atoms with Crippen molar-refractivity contribution in [2.75, 3.05) is 17.7 Å². The van der Waals surface area contributed by atoms with Crippen LogP contribution >= 0.6 is 11.6 Å². The third kappa shape index (κ3) is 5.64. The summed E-state index contributed by atoms with van der Waals surface area (Å²) >= 11 is 6.01. The number of rotatable bonds is 7. The van der Waals surface area contributed by atoms with E-state index in [1.54, 1.807) is 7.05 Å². The summed E-state index contributed by atoms with van der Waals surface area (Å²) in [5, 5.41) is 11.3. The average molecular weight is 438 g/mol. The molecule has 1 aliphatic rings. The number of nitrogens with zero attached hydrogens (tertiary/aromatic N) is 2. The molecular formula is C24H28ClN5O. The molecule has 1 fully saturated rings. The highest BCUT2D eigenvalue weighted by Crippen LogP contribution is 2.31. The van der Waals surface area contributed by atoms with Gasteiger partial charge in [-0.05, 0) is 74.4 Å². The molecule has 1 amide bonds. The first-order chi connectivity index (χ1) is 15.1. The van der Waals surface area contributed by atoms with Gasteiger partial charge in [0.1, 0.15) is 5.82 Å². The zero-order chi connectivity index (χ0) is 21.6. The molecule has 2 aromatic carbocycles. The van der Waals surface area contributed by atoms with Gasteiger partial charge in [0, 0.05) is 35.6 Å². The van der Waals surface area contributed by atoms with Crippen molar-refractivity contribution in [3.8, 4) is 0 Å². The summed E-state index contributed by atoms with van der Waals surface area (Å²) in [7, 11) is 1.70. The number of halogens is 1. The smallest absolute Gasteiger partial charge is 0.225 e. The molecule has 162 valence electrons. The number of anilines is 3. The fourth-order valence-electron chi connectivity index (χ4n) is 4.14. The Hall–Kier alpha value is -2.86. The molecule has 0 bridgehead atoms. The molecule has 0 aliphatic heterocycles. The number of benzene rings is 2. The molecule has 0 radical (unpaired) electrons. The van der Waals surface area contributed by atoms with Crippen LogP contribution in [0.25, 0.3) is 10.9 Å². The molecule has 0 spiro atoms. The van der Waals surface area contributed by atoms with Gasteiger partial charge in [-0.2, -0.15) is 4.98 Å². The van der Waals surface area contributed by atoms with Crippen LogP contribution in [0.5, 0.6) is 0 Å². The van der Waals surface area contributed by atoms with E-state index < -0.39 is 0 Å². The Balaban J connectivity index is 1.45. The van der Waals surface area contributed by atoms with Crippen LogP contribution in [0.3, 0.4) is 0 Å². The lowest BCUT2D eigenvalue weighted by Crippen LogP contribution is -2.28. The first kappa shape index (κ1) is 21.4. The Morgan fingerprint density at radius 3 is 2.52 bits per heavy atom. The van der Waals surface area contributed by atoms with E-state index in [2.05, 4.69) is 16.0 Å². The number of fused-ring (bicyclic) bond motifs is 1. The average Bonchev–Trinajstić information content (AvgIpc) is 2.80. The molecule has 3 aromatic rings. The lowest BCUT2D eigenvalue weighted by atomic mass is 9.83. The molecule has 6 nitrogen and oxygen atoms in total. The summed E-state index contributed by atoms with van der Waals surface area (Å²) in [6.45, 7) is 0. The van der Waals surface area contributed by atoms with Gasteiger partial charge in [-0.1, -0.05) is 23.7 Å². The van der Waals surface area contributed by atoms with E-state index in [1.165, 1.54) is 0 Å². The highest BCUT2D eigenvalue weighted by Gasteiger charge is 2.22. The maximum absolute atomic E-state index is 11.5. The van der Waals surface area contributed by atoms with Gasteiger partial charge in [-0.25, -0.2) is 4.98 Å². The van der Waals surface area contributed by atoms with Gasteiger partial charge in [0.15, 0.2) is 0 Å². The molecule has 0 saturated heterocycles. The molecule has 1 aliphatic carbocycles. The van der Waals surface area contributed by atoms with Gasteiger partial charge in [0.05, 0.1) is 5.52 Å². The van der Waals surface area contributed by atoms with Crippen molar-refractivity contribution >= 4 is 45.9 Å². The van der Waals surface area contributed by atoms with Crippen LogP contribution in [0.2, 0.25) is 5.02 Å². The van der Waals surface area contributed by atoms with Crippen LogP contribution in [0, 0.1) is 5.92 Å². The Morgan fingerprint density at radius 1 is 1.03 bits per heavy atom. The number of para-hydroxylation sites is 1. The third-order valence-corrected chi connectivity index (χ3v) is 6.20. The number of nitrogens with one attached hydrogen (secondary N) is 3. The predicted molar refractivity (Wildman–Crippen MR) is 127 cm³/mol. The summed E-state index contributed by atoms with van der Waals surface area (Å²) in [6, 6.07) is 15.9. The first-order valence-electron chi connectivity index (χ1n) is 10.9. The molecule has 1 heterocycles. The van der Waals surface area contributed by atoms with Crippen LogP contribution in [0.15, 0.2) is 48.5 Å². The van der Waals surface area contributed by atoms with Gasteiger partial charge in [-0.15, -0.1) is 0 Å². The highest BCUT2D eigenvalue weighted by molar-refractivity contribution is 6.30. The van der Waals surface area contributed by atoms with Crippen molar-refractivity contribution in [1.82, 2.24) is 15.3 Å². The normalized spacial score (nSPS) is 18.5. The van der Waals surface area contributed by atoms with Crippen molar-refractivity contribution in [1.29, 1.82) is 0 Å². The molecule has 0 atom stereocenters. The van der Waals surface area contributed by atoms with Crippen LogP contribution in [-0.2, 0) is 4.79 Å². The van der Waals surface area contributed by atoms with Gasteiger partial charge in [0.2, 0.25) is 11.9 Å². The molecule has 3 N–H and O–H groups in total. The van der Waals surface area contributed by atoms with Crippen LogP contribution in [0.4, 0.5) is 17.5 Å². The minimum Gasteiger partial charge on any atom is -0.359 e. The zero-order valence-electron chi connectivity index (χ0n) is 17.7. The number of amides is 1. The maximum Gasteiger partial charge on any atom is 0.225 e. The second-order valence-electron chi connectivity index (χ2n) is 8.12. The number of hydrogen-bond acceptors (Lipinski definition) is 5. The maximum atomic E-state index is 11.5. The van der Waals surface area contributed by atoms with E-state index in [0.717, 1.165) is 54.5 Å². The second kappa shape index (κ2) is 9.96. The van der Waals surface area contributed by atoms with Crippen molar-refractivity contribution in [3.05, 3.63) is 53.6 Å². The zero-order valence-corrected chi connectivity index (χ0v) is 18.5. The molecule has 31 heavy (non-hydrogen) atoms. The standard InChI is InChI=1S/C24H28ClN5O/c1-26-22(31)15-8-16-6-11-19(12-7-16)28-24-29-21-5-3-2-4-20(21)23(30-24)27-18-13-9-17(25)10-14-18/h2-5,9-10,13-14,16,19H,6-8,11-12,15H2,1H3,(H,26,31)(H2,27,28,29,30)/t16-,19-. The Labute approximate surface area is 187 Å². The van der Waals surface area contributed by atoms with E-state index in [0.29, 0.717) is 29.4 Å². The Bertz CT molecular complexity index is 1030. The number of hydrogen-bond donors (Lipinski definition) is 3. The van der Waals surface area contributed by atoms with Crippen LogP contribution in [-0.4, -0.2) is 29.0 Å². The summed E-state index contributed by atoms with van der Waals surface area (Å²) in [6.07, 6.45) is 5.96. The fourth-order valence-corrected chi connectivity index (χ4v) is 4.27.